The molecule has 16 heavy (non-hydrogen) atoms. The molecule has 0 heterocycles. The van der Waals surface area contributed by atoms with E-state index in [4.69, 9.17) is 5.11 Å². The minimum atomic E-state index is -0.759. The molecule has 1 unspecified atom stereocenters. The van der Waals surface area contributed by atoms with Gasteiger partial charge in [0.1, 0.15) is 0 Å². The van der Waals surface area contributed by atoms with Crippen LogP contribution in [0.1, 0.15) is 57.8 Å². The quantitative estimate of drug-likeness (QED) is 0.738. The van der Waals surface area contributed by atoms with Crippen LogP contribution in [0.15, 0.2) is 11.6 Å². The van der Waals surface area contributed by atoms with Crippen molar-refractivity contribution in [2.24, 2.45) is 11.8 Å². The monoisotopic (exact) mass is 222 g/mol. The second kappa shape index (κ2) is 5.51. The van der Waals surface area contributed by atoms with Crippen LogP contribution >= 0.6 is 0 Å². The van der Waals surface area contributed by atoms with Crippen LogP contribution in [0.25, 0.3) is 0 Å². The SMILES string of the molecule is O=C(O)/C=C1\CCCC1CC1CCCCC1. The molecule has 2 saturated carbocycles. The maximum atomic E-state index is 10.7. The average Bonchev–Trinajstić information content (AvgIpc) is 2.66. The predicted octanol–water partition coefficient (Wildman–Crippen LogP) is 3.77. The van der Waals surface area contributed by atoms with E-state index in [1.807, 2.05) is 0 Å². The first kappa shape index (κ1) is 11.7. The molecule has 0 aromatic heterocycles. The van der Waals surface area contributed by atoms with Crippen molar-refractivity contribution in [1.82, 2.24) is 0 Å². The zero-order chi connectivity index (χ0) is 11.4. The zero-order valence-electron chi connectivity index (χ0n) is 9.95. The van der Waals surface area contributed by atoms with Gasteiger partial charge >= 0.3 is 5.97 Å². The van der Waals surface area contributed by atoms with Gasteiger partial charge in [0.25, 0.3) is 0 Å². The highest BCUT2D eigenvalue weighted by Crippen LogP contribution is 2.39. The Morgan fingerprint density at radius 1 is 1.19 bits per heavy atom. The number of aliphatic carboxylic acids is 1. The van der Waals surface area contributed by atoms with E-state index in [0.29, 0.717) is 5.92 Å². The predicted molar refractivity (Wildman–Crippen MR) is 64.3 cm³/mol. The number of hydrogen-bond acceptors (Lipinski definition) is 1. The summed E-state index contributed by atoms with van der Waals surface area (Å²) in [5.41, 5.74) is 1.21. The lowest BCUT2D eigenvalue weighted by molar-refractivity contribution is -0.131. The van der Waals surface area contributed by atoms with Crippen molar-refractivity contribution < 1.29 is 9.90 Å². The van der Waals surface area contributed by atoms with E-state index in [9.17, 15) is 4.79 Å². The molecule has 0 amide bonds. The fraction of sp³-hybridized carbons (Fsp3) is 0.786. The smallest absolute Gasteiger partial charge is 0.328 e. The molecule has 2 aliphatic rings. The molecule has 2 aliphatic carbocycles. The molecule has 0 bridgehead atoms. The van der Waals surface area contributed by atoms with Crippen LogP contribution in [0.2, 0.25) is 0 Å². The largest absolute Gasteiger partial charge is 0.478 e. The first-order valence-corrected chi connectivity index (χ1v) is 6.69. The van der Waals surface area contributed by atoms with Gasteiger partial charge in [-0.25, -0.2) is 4.79 Å². The van der Waals surface area contributed by atoms with Crippen LogP contribution < -0.4 is 0 Å². The minimum Gasteiger partial charge on any atom is -0.478 e. The Morgan fingerprint density at radius 2 is 1.94 bits per heavy atom. The third kappa shape index (κ3) is 3.10. The lowest BCUT2D eigenvalue weighted by atomic mass is 9.81. The van der Waals surface area contributed by atoms with Crippen molar-refractivity contribution in [3.63, 3.8) is 0 Å². The molecular formula is C14H22O2. The molecule has 2 rings (SSSR count). The topological polar surface area (TPSA) is 37.3 Å². The Labute approximate surface area is 97.7 Å². The van der Waals surface area contributed by atoms with Gasteiger partial charge in [-0.1, -0.05) is 37.7 Å². The molecule has 90 valence electrons. The van der Waals surface area contributed by atoms with E-state index in [0.717, 1.165) is 12.3 Å². The summed E-state index contributed by atoms with van der Waals surface area (Å²) in [6.07, 6.45) is 13.1. The molecule has 1 N–H and O–H groups in total. The average molecular weight is 222 g/mol. The lowest BCUT2D eigenvalue weighted by Gasteiger charge is -2.25. The number of hydrogen-bond donors (Lipinski definition) is 1. The van der Waals surface area contributed by atoms with Crippen LogP contribution in [0.3, 0.4) is 0 Å². The van der Waals surface area contributed by atoms with E-state index in [1.54, 1.807) is 0 Å². The van der Waals surface area contributed by atoms with Crippen molar-refractivity contribution in [2.45, 2.75) is 57.8 Å². The van der Waals surface area contributed by atoms with Crippen molar-refractivity contribution in [1.29, 1.82) is 0 Å². The minimum absolute atomic E-state index is 0.583. The summed E-state index contributed by atoms with van der Waals surface area (Å²) in [4.78, 5) is 10.7. The third-order valence-electron chi connectivity index (χ3n) is 4.19. The number of carboxylic acids is 1. The van der Waals surface area contributed by atoms with Crippen LogP contribution in [0.4, 0.5) is 0 Å². The summed E-state index contributed by atoms with van der Waals surface area (Å²) in [6.45, 7) is 0. The highest BCUT2D eigenvalue weighted by Gasteiger charge is 2.25. The van der Waals surface area contributed by atoms with Crippen LogP contribution in [0.5, 0.6) is 0 Å². The zero-order valence-corrected chi connectivity index (χ0v) is 9.95. The van der Waals surface area contributed by atoms with Crippen LogP contribution in [-0.4, -0.2) is 11.1 Å². The Balaban J connectivity index is 1.90. The summed E-state index contributed by atoms with van der Waals surface area (Å²) in [5, 5.41) is 8.82. The fourth-order valence-electron chi connectivity index (χ4n) is 3.39. The Morgan fingerprint density at radius 3 is 2.62 bits per heavy atom. The summed E-state index contributed by atoms with van der Waals surface area (Å²) in [7, 11) is 0. The van der Waals surface area contributed by atoms with E-state index >= 15 is 0 Å². The Hall–Kier alpha value is -0.790. The van der Waals surface area contributed by atoms with E-state index in [1.165, 1.54) is 63.0 Å². The molecule has 0 radical (unpaired) electrons. The molecule has 0 aromatic rings. The van der Waals surface area contributed by atoms with E-state index in [-0.39, 0.29) is 0 Å². The molecule has 0 aromatic carbocycles. The highest BCUT2D eigenvalue weighted by molar-refractivity contribution is 5.80. The first-order valence-electron chi connectivity index (χ1n) is 6.69. The van der Waals surface area contributed by atoms with E-state index in [2.05, 4.69) is 0 Å². The Bertz CT molecular complexity index is 274. The molecule has 1 atom stereocenters. The van der Waals surface area contributed by atoms with Crippen molar-refractivity contribution in [3.8, 4) is 0 Å². The first-order chi connectivity index (χ1) is 7.75. The summed E-state index contributed by atoms with van der Waals surface area (Å²) in [5.74, 6) is 0.693. The van der Waals surface area contributed by atoms with Gasteiger partial charge in [0.15, 0.2) is 0 Å². The van der Waals surface area contributed by atoms with Gasteiger partial charge in [0, 0.05) is 6.08 Å². The highest BCUT2D eigenvalue weighted by atomic mass is 16.4. The molecule has 2 nitrogen and oxygen atoms in total. The maximum absolute atomic E-state index is 10.7. The standard InChI is InChI=1S/C14H22O2/c15-14(16)10-13-8-4-7-12(13)9-11-5-2-1-3-6-11/h10-12H,1-9H2,(H,15,16)/b13-10+. The maximum Gasteiger partial charge on any atom is 0.328 e. The molecule has 2 heteroatoms. The van der Waals surface area contributed by atoms with Crippen LogP contribution in [-0.2, 0) is 4.79 Å². The number of carbonyl (C=O) groups is 1. The van der Waals surface area contributed by atoms with Gasteiger partial charge in [-0.2, -0.15) is 0 Å². The number of carboxylic acid groups (broad SMARTS) is 1. The molecule has 0 spiro atoms. The van der Waals surface area contributed by atoms with Gasteiger partial charge in [0.2, 0.25) is 0 Å². The third-order valence-corrected chi connectivity index (χ3v) is 4.19. The van der Waals surface area contributed by atoms with Gasteiger partial charge in [-0.15, -0.1) is 0 Å². The normalized spacial score (nSPS) is 29.8. The molecular weight excluding hydrogens is 200 g/mol. The van der Waals surface area contributed by atoms with Crippen molar-refractivity contribution in [2.75, 3.05) is 0 Å². The van der Waals surface area contributed by atoms with Gasteiger partial charge in [-0.05, 0) is 37.5 Å². The Kier molecular flexibility index (Phi) is 4.03. The summed E-state index contributed by atoms with van der Waals surface area (Å²) >= 11 is 0. The number of rotatable bonds is 3. The van der Waals surface area contributed by atoms with Gasteiger partial charge in [0.05, 0.1) is 0 Å². The second-order valence-electron chi connectivity index (χ2n) is 5.39. The van der Waals surface area contributed by atoms with E-state index < -0.39 is 5.97 Å². The lowest BCUT2D eigenvalue weighted by Crippen LogP contribution is -2.12. The molecule has 2 fully saturated rings. The molecule has 0 aliphatic heterocycles. The van der Waals surface area contributed by atoms with Crippen molar-refractivity contribution in [3.05, 3.63) is 11.6 Å². The molecule has 0 saturated heterocycles. The summed E-state index contributed by atoms with van der Waals surface area (Å²) < 4.78 is 0. The second-order valence-corrected chi connectivity index (χ2v) is 5.39. The van der Waals surface area contributed by atoms with Crippen molar-refractivity contribution >= 4 is 5.97 Å². The summed E-state index contributed by atoms with van der Waals surface area (Å²) in [6, 6.07) is 0. The fourth-order valence-corrected chi connectivity index (χ4v) is 3.39. The van der Waals surface area contributed by atoms with Gasteiger partial charge < -0.3 is 5.11 Å². The van der Waals surface area contributed by atoms with Crippen LogP contribution in [0, 0.1) is 11.8 Å². The number of allylic oxidation sites excluding steroid dienone is 1. The van der Waals surface area contributed by atoms with Gasteiger partial charge in [-0.3, -0.25) is 0 Å².